The van der Waals surface area contributed by atoms with Gasteiger partial charge in [0.25, 0.3) is 5.69 Å². The Morgan fingerprint density at radius 1 is 1.57 bits per heavy atom. The molecule has 0 aliphatic carbocycles. The summed E-state index contributed by atoms with van der Waals surface area (Å²) in [6.45, 7) is 1.96. The highest BCUT2D eigenvalue weighted by atomic mass is 32.1. The molecule has 3 N–H and O–H groups in total. The van der Waals surface area contributed by atoms with Gasteiger partial charge in [0.15, 0.2) is 0 Å². The second-order valence-electron chi connectivity index (χ2n) is 4.33. The molecule has 0 aliphatic heterocycles. The van der Waals surface area contributed by atoms with Crippen LogP contribution in [0, 0.1) is 10.1 Å². The number of carbonyl (C=O) groups is 1. The first-order chi connectivity index (χ1) is 10.0. The average molecular weight is 306 g/mol. The smallest absolute Gasteiger partial charge is 0.293 e. The highest BCUT2D eigenvalue weighted by Crippen LogP contribution is 2.31. The first-order valence-electron chi connectivity index (χ1n) is 6.27. The van der Waals surface area contributed by atoms with Crippen LogP contribution < -0.4 is 11.1 Å². The van der Waals surface area contributed by atoms with Gasteiger partial charge >= 0.3 is 0 Å². The van der Waals surface area contributed by atoms with Gasteiger partial charge in [0.2, 0.25) is 5.91 Å². The molecule has 0 saturated carbocycles. The van der Waals surface area contributed by atoms with E-state index < -0.39 is 10.8 Å². The molecule has 1 aromatic heterocycles. The van der Waals surface area contributed by atoms with Gasteiger partial charge < -0.3 is 11.1 Å². The third-order valence-corrected chi connectivity index (χ3v) is 3.86. The number of nitrogens with one attached hydrogen (secondary N) is 1. The van der Waals surface area contributed by atoms with Crippen LogP contribution in [0.2, 0.25) is 0 Å². The van der Waals surface area contributed by atoms with E-state index in [1.165, 1.54) is 29.5 Å². The summed E-state index contributed by atoms with van der Waals surface area (Å²) in [6.07, 6.45) is 2.41. The average Bonchev–Trinajstić information content (AvgIpc) is 2.98. The first kappa shape index (κ1) is 14.9. The Balaban J connectivity index is 2.34. The number of benzene rings is 1. The van der Waals surface area contributed by atoms with Crippen LogP contribution in [0.1, 0.15) is 34.8 Å². The Kier molecular flexibility index (Phi) is 4.49. The molecule has 0 radical (unpaired) electrons. The van der Waals surface area contributed by atoms with Crippen molar-refractivity contribution in [2.45, 2.75) is 19.4 Å². The van der Waals surface area contributed by atoms with Crippen LogP contribution in [0.3, 0.4) is 0 Å². The van der Waals surface area contributed by atoms with Crippen molar-refractivity contribution >= 4 is 28.6 Å². The van der Waals surface area contributed by atoms with Gasteiger partial charge in [0, 0.05) is 23.2 Å². The minimum Gasteiger partial charge on any atom is -0.370 e. The molecular formula is C13H14N4O3S. The lowest BCUT2D eigenvalue weighted by Gasteiger charge is -2.16. The number of primary amides is 1. The number of carbonyl (C=O) groups excluding carboxylic acids is 1. The van der Waals surface area contributed by atoms with E-state index in [9.17, 15) is 14.9 Å². The SMILES string of the molecule is CCC(Nc1ccc(C(N)=O)cc1[N+](=O)[O-])c1nccs1. The Bertz CT molecular complexity index is 657. The third kappa shape index (κ3) is 3.34. The van der Waals surface area contributed by atoms with Gasteiger partial charge in [0.05, 0.1) is 11.0 Å². The van der Waals surface area contributed by atoms with Gasteiger partial charge in [-0.15, -0.1) is 11.3 Å². The minimum atomic E-state index is -0.698. The molecule has 0 aliphatic rings. The van der Waals surface area contributed by atoms with Crippen molar-refractivity contribution in [2.75, 3.05) is 5.32 Å². The fourth-order valence-electron chi connectivity index (χ4n) is 1.89. The predicted molar refractivity (Wildman–Crippen MR) is 80.4 cm³/mol. The molecule has 0 saturated heterocycles. The van der Waals surface area contributed by atoms with Crippen LogP contribution in [0.25, 0.3) is 0 Å². The van der Waals surface area contributed by atoms with E-state index in [2.05, 4.69) is 10.3 Å². The normalized spacial score (nSPS) is 11.9. The molecule has 7 nitrogen and oxygen atoms in total. The summed E-state index contributed by atoms with van der Waals surface area (Å²) in [7, 11) is 0. The molecule has 1 atom stereocenters. The van der Waals surface area contributed by atoms with Gasteiger partial charge in [-0.25, -0.2) is 4.98 Å². The van der Waals surface area contributed by atoms with Crippen molar-refractivity contribution < 1.29 is 9.72 Å². The maximum atomic E-state index is 11.2. The molecule has 8 heteroatoms. The highest BCUT2D eigenvalue weighted by Gasteiger charge is 2.20. The lowest BCUT2D eigenvalue weighted by atomic mass is 10.1. The first-order valence-corrected chi connectivity index (χ1v) is 7.15. The predicted octanol–water partition coefficient (Wildman–Crippen LogP) is 2.71. The molecule has 2 rings (SSSR count). The molecule has 1 aromatic carbocycles. The van der Waals surface area contributed by atoms with Gasteiger partial charge in [0.1, 0.15) is 10.7 Å². The van der Waals surface area contributed by atoms with Crippen molar-refractivity contribution in [3.05, 3.63) is 50.5 Å². The number of amides is 1. The van der Waals surface area contributed by atoms with Crippen molar-refractivity contribution in [2.24, 2.45) is 5.73 Å². The van der Waals surface area contributed by atoms with Gasteiger partial charge in [-0.3, -0.25) is 14.9 Å². The van der Waals surface area contributed by atoms with Crippen molar-refractivity contribution in [3.8, 4) is 0 Å². The van der Waals surface area contributed by atoms with Crippen LogP contribution in [-0.4, -0.2) is 15.8 Å². The number of nitrogens with two attached hydrogens (primary N) is 1. The number of nitrogens with zero attached hydrogens (tertiary/aromatic N) is 2. The molecule has 1 amide bonds. The zero-order valence-electron chi connectivity index (χ0n) is 11.3. The molecule has 0 fully saturated rings. The van der Waals surface area contributed by atoms with Crippen LogP contribution in [-0.2, 0) is 0 Å². The summed E-state index contributed by atoms with van der Waals surface area (Å²) in [4.78, 5) is 26.0. The number of nitro groups is 1. The quantitative estimate of drug-likeness (QED) is 0.629. The fourth-order valence-corrected chi connectivity index (χ4v) is 2.66. The summed E-state index contributed by atoms with van der Waals surface area (Å²) in [5.74, 6) is -0.698. The Morgan fingerprint density at radius 2 is 2.33 bits per heavy atom. The Morgan fingerprint density at radius 3 is 2.86 bits per heavy atom. The Labute approximate surface area is 125 Å². The Hall–Kier alpha value is -2.48. The van der Waals surface area contributed by atoms with Gasteiger partial charge in [-0.05, 0) is 18.6 Å². The van der Waals surface area contributed by atoms with Gasteiger partial charge in [-0.2, -0.15) is 0 Å². The summed E-state index contributed by atoms with van der Waals surface area (Å²) in [5.41, 5.74) is 5.41. The van der Waals surface area contributed by atoms with E-state index in [-0.39, 0.29) is 17.3 Å². The number of aromatic nitrogens is 1. The number of hydrogen-bond donors (Lipinski definition) is 2. The lowest BCUT2D eigenvalue weighted by molar-refractivity contribution is -0.384. The number of hydrogen-bond acceptors (Lipinski definition) is 6. The lowest BCUT2D eigenvalue weighted by Crippen LogP contribution is -2.13. The molecule has 1 heterocycles. The van der Waals surface area contributed by atoms with Crippen molar-refractivity contribution in [3.63, 3.8) is 0 Å². The standard InChI is InChI=1S/C13H14N4O3S/c1-2-9(13-15-5-6-21-13)16-10-4-3-8(12(14)18)7-11(10)17(19)20/h3-7,9,16H,2H2,1H3,(H2,14,18). The zero-order chi connectivity index (χ0) is 15.4. The molecule has 110 valence electrons. The molecule has 21 heavy (non-hydrogen) atoms. The second-order valence-corrected chi connectivity index (χ2v) is 5.25. The largest absolute Gasteiger partial charge is 0.370 e. The van der Waals surface area contributed by atoms with Crippen LogP contribution >= 0.6 is 11.3 Å². The van der Waals surface area contributed by atoms with Crippen LogP contribution in [0.4, 0.5) is 11.4 Å². The maximum absolute atomic E-state index is 11.2. The molecule has 2 aromatic rings. The highest BCUT2D eigenvalue weighted by molar-refractivity contribution is 7.09. The molecule has 1 unspecified atom stereocenters. The number of thiazole rings is 1. The fraction of sp³-hybridized carbons (Fsp3) is 0.231. The molecular weight excluding hydrogens is 292 g/mol. The van der Waals surface area contributed by atoms with E-state index in [1.54, 1.807) is 6.20 Å². The van der Waals surface area contributed by atoms with E-state index in [0.717, 1.165) is 11.4 Å². The van der Waals surface area contributed by atoms with E-state index in [4.69, 9.17) is 5.73 Å². The van der Waals surface area contributed by atoms with Crippen molar-refractivity contribution in [1.82, 2.24) is 4.98 Å². The third-order valence-electron chi connectivity index (χ3n) is 2.97. The van der Waals surface area contributed by atoms with Crippen LogP contribution in [0.5, 0.6) is 0 Å². The number of anilines is 1. The van der Waals surface area contributed by atoms with E-state index in [0.29, 0.717) is 5.69 Å². The van der Waals surface area contributed by atoms with E-state index >= 15 is 0 Å². The molecule has 0 spiro atoms. The summed E-state index contributed by atoms with van der Waals surface area (Å²) in [5, 5.41) is 17.0. The topological polar surface area (TPSA) is 111 Å². The second kappa shape index (κ2) is 6.31. The minimum absolute atomic E-state index is 0.106. The van der Waals surface area contributed by atoms with Crippen LogP contribution in [0.15, 0.2) is 29.8 Å². The summed E-state index contributed by atoms with van der Waals surface area (Å²) < 4.78 is 0. The maximum Gasteiger partial charge on any atom is 0.293 e. The van der Waals surface area contributed by atoms with Gasteiger partial charge in [-0.1, -0.05) is 6.92 Å². The summed E-state index contributed by atoms with van der Waals surface area (Å²) in [6, 6.07) is 4.02. The van der Waals surface area contributed by atoms with E-state index in [1.807, 2.05) is 12.3 Å². The number of nitro benzene ring substituents is 1. The molecule has 0 bridgehead atoms. The van der Waals surface area contributed by atoms with Crippen molar-refractivity contribution in [1.29, 1.82) is 0 Å². The zero-order valence-corrected chi connectivity index (χ0v) is 12.1. The summed E-state index contributed by atoms with van der Waals surface area (Å²) >= 11 is 1.48. The monoisotopic (exact) mass is 306 g/mol. The number of rotatable bonds is 6.